The first-order valence-corrected chi connectivity index (χ1v) is 9.51. The molecule has 1 fully saturated rings. The Hall–Kier alpha value is -1.02. The fourth-order valence-electron chi connectivity index (χ4n) is 2.56. The van der Waals surface area contributed by atoms with Gasteiger partial charge in [0.25, 0.3) is 0 Å². The second-order valence-corrected chi connectivity index (χ2v) is 6.51. The minimum absolute atomic E-state index is 0. The number of ether oxygens (including phenoxy) is 2. The lowest BCUT2D eigenvalue weighted by Crippen LogP contribution is -2.40. The predicted octanol–water partition coefficient (Wildman–Crippen LogP) is 3.57. The third-order valence-corrected chi connectivity index (χ3v) is 4.19. The summed E-state index contributed by atoms with van der Waals surface area (Å²) in [5.74, 6) is 2.69. The number of likely N-dealkylation sites (N-methyl/N-ethyl adjacent to an activating group) is 1. The Morgan fingerprint density at radius 3 is 2.81 bits per heavy atom. The fourth-order valence-corrected chi connectivity index (χ4v) is 2.56. The summed E-state index contributed by atoms with van der Waals surface area (Å²) < 4.78 is 11.3. The molecule has 1 saturated carbocycles. The third-order valence-electron chi connectivity index (χ3n) is 4.19. The Kier molecular flexibility index (Phi) is 11.7. The van der Waals surface area contributed by atoms with Crippen LogP contribution in [-0.2, 0) is 11.2 Å². The molecule has 148 valence electrons. The zero-order valence-corrected chi connectivity index (χ0v) is 18.7. The lowest BCUT2D eigenvalue weighted by atomic mass is 10.1. The largest absolute Gasteiger partial charge is 0.494 e. The Morgan fingerprint density at radius 1 is 1.31 bits per heavy atom. The SMILES string of the molecule is CCNC(=NCCc1cccc(OCC)c1)N(C)CCOCC1CC1.I. The monoisotopic (exact) mass is 475 g/mol. The number of nitrogens with one attached hydrogen (secondary N) is 1. The lowest BCUT2D eigenvalue weighted by Gasteiger charge is -2.22. The number of hydrogen-bond donors (Lipinski definition) is 1. The fraction of sp³-hybridized carbons (Fsp3) is 0.650. The van der Waals surface area contributed by atoms with E-state index in [1.54, 1.807) is 0 Å². The molecule has 0 bridgehead atoms. The molecule has 0 aliphatic heterocycles. The smallest absolute Gasteiger partial charge is 0.193 e. The van der Waals surface area contributed by atoms with Crippen molar-refractivity contribution in [1.82, 2.24) is 10.2 Å². The number of guanidine groups is 1. The third kappa shape index (κ3) is 9.07. The van der Waals surface area contributed by atoms with Crippen LogP contribution in [0.15, 0.2) is 29.3 Å². The Bertz CT molecular complexity index is 536. The van der Waals surface area contributed by atoms with Gasteiger partial charge in [0.1, 0.15) is 5.75 Å². The van der Waals surface area contributed by atoms with E-state index in [0.717, 1.165) is 56.9 Å². The number of hydrogen-bond acceptors (Lipinski definition) is 3. The summed E-state index contributed by atoms with van der Waals surface area (Å²) in [6, 6.07) is 8.26. The van der Waals surface area contributed by atoms with Gasteiger partial charge in [0.05, 0.1) is 13.2 Å². The van der Waals surface area contributed by atoms with Gasteiger partial charge in [0.2, 0.25) is 0 Å². The van der Waals surface area contributed by atoms with Crippen molar-refractivity contribution in [3.8, 4) is 5.75 Å². The average molecular weight is 475 g/mol. The molecule has 0 saturated heterocycles. The van der Waals surface area contributed by atoms with Gasteiger partial charge in [-0.2, -0.15) is 0 Å². The van der Waals surface area contributed by atoms with Crippen LogP contribution < -0.4 is 10.1 Å². The Morgan fingerprint density at radius 2 is 2.12 bits per heavy atom. The molecule has 0 aromatic heterocycles. The van der Waals surface area contributed by atoms with Crippen molar-refractivity contribution in [1.29, 1.82) is 0 Å². The molecule has 1 aromatic carbocycles. The van der Waals surface area contributed by atoms with Crippen LogP contribution in [0.3, 0.4) is 0 Å². The predicted molar refractivity (Wildman–Crippen MR) is 119 cm³/mol. The number of aliphatic imine (C=N–C) groups is 1. The first-order chi connectivity index (χ1) is 12.2. The van der Waals surface area contributed by atoms with Crippen molar-refractivity contribution in [2.45, 2.75) is 33.1 Å². The van der Waals surface area contributed by atoms with Crippen molar-refractivity contribution in [2.75, 3.05) is 46.5 Å². The minimum atomic E-state index is 0. The molecule has 0 atom stereocenters. The van der Waals surface area contributed by atoms with Gasteiger partial charge >= 0.3 is 0 Å². The first kappa shape index (κ1) is 23.0. The van der Waals surface area contributed by atoms with E-state index in [4.69, 9.17) is 14.5 Å². The van der Waals surface area contributed by atoms with Crippen molar-refractivity contribution >= 4 is 29.9 Å². The maximum Gasteiger partial charge on any atom is 0.193 e. The molecule has 1 N–H and O–H groups in total. The van der Waals surface area contributed by atoms with Crippen LogP contribution in [0.2, 0.25) is 0 Å². The number of rotatable bonds is 11. The molecular weight excluding hydrogens is 441 g/mol. The van der Waals surface area contributed by atoms with Crippen LogP contribution in [0, 0.1) is 5.92 Å². The van der Waals surface area contributed by atoms with E-state index in [1.807, 2.05) is 19.1 Å². The molecule has 0 amide bonds. The van der Waals surface area contributed by atoms with Crippen LogP contribution in [0.5, 0.6) is 5.75 Å². The zero-order valence-electron chi connectivity index (χ0n) is 16.4. The molecule has 0 unspecified atom stereocenters. The Labute approximate surface area is 175 Å². The Balaban J connectivity index is 0.00000338. The van der Waals surface area contributed by atoms with Crippen LogP contribution in [0.4, 0.5) is 0 Å². The van der Waals surface area contributed by atoms with Gasteiger partial charge in [-0.3, -0.25) is 4.99 Å². The first-order valence-electron chi connectivity index (χ1n) is 9.51. The van der Waals surface area contributed by atoms with Gasteiger partial charge < -0.3 is 19.7 Å². The van der Waals surface area contributed by atoms with Gasteiger partial charge in [-0.25, -0.2) is 0 Å². The molecular formula is C20H34IN3O2. The minimum Gasteiger partial charge on any atom is -0.494 e. The highest BCUT2D eigenvalue weighted by molar-refractivity contribution is 14.0. The van der Waals surface area contributed by atoms with E-state index in [2.05, 4.69) is 36.3 Å². The molecule has 0 radical (unpaired) electrons. The molecule has 5 nitrogen and oxygen atoms in total. The maximum atomic E-state index is 5.73. The summed E-state index contributed by atoms with van der Waals surface area (Å²) in [4.78, 5) is 6.89. The van der Waals surface area contributed by atoms with Gasteiger partial charge in [-0.05, 0) is 56.7 Å². The van der Waals surface area contributed by atoms with Crippen LogP contribution in [-0.4, -0.2) is 57.4 Å². The lowest BCUT2D eigenvalue weighted by molar-refractivity contribution is 0.115. The topological polar surface area (TPSA) is 46.1 Å². The second-order valence-electron chi connectivity index (χ2n) is 6.51. The van der Waals surface area contributed by atoms with Gasteiger partial charge in [-0.15, -0.1) is 24.0 Å². The summed E-state index contributed by atoms with van der Waals surface area (Å²) in [5, 5.41) is 3.36. The van der Waals surface area contributed by atoms with E-state index >= 15 is 0 Å². The van der Waals surface area contributed by atoms with E-state index < -0.39 is 0 Å². The van der Waals surface area contributed by atoms with Crippen LogP contribution >= 0.6 is 24.0 Å². The summed E-state index contributed by atoms with van der Waals surface area (Å²) in [5.41, 5.74) is 1.25. The summed E-state index contributed by atoms with van der Waals surface area (Å²) in [6.07, 6.45) is 3.58. The molecule has 1 aliphatic rings. The van der Waals surface area contributed by atoms with Crippen molar-refractivity contribution in [3.05, 3.63) is 29.8 Å². The molecule has 0 heterocycles. The second kappa shape index (κ2) is 13.2. The number of nitrogens with zero attached hydrogens (tertiary/aromatic N) is 2. The molecule has 1 aromatic rings. The van der Waals surface area contributed by atoms with E-state index in [-0.39, 0.29) is 24.0 Å². The van der Waals surface area contributed by atoms with Crippen molar-refractivity contribution < 1.29 is 9.47 Å². The van der Waals surface area contributed by atoms with Gasteiger partial charge in [-0.1, -0.05) is 12.1 Å². The van der Waals surface area contributed by atoms with E-state index in [9.17, 15) is 0 Å². The van der Waals surface area contributed by atoms with Gasteiger partial charge in [0, 0.05) is 33.3 Å². The van der Waals surface area contributed by atoms with Crippen molar-refractivity contribution in [2.24, 2.45) is 10.9 Å². The summed E-state index contributed by atoms with van der Waals surface area (Å²) in [7, 11) is 2.07. The maximum absolute atomic E-state index is 5.73. The average Bonchev–Trinajstić information content (AvgIpc) is 3.43. The highest BCUT2D eigenvalue weighted by Gasteiger charge is 2.21. The number of halogens is 1. The van der Waals surface area contributed by atoms with E-state index in [1.165, 1.54) is 18.4 Å². The van der Waals surface area contributed by atoms with Crippen LogP contribution in [0.1, 0.15) is 32.3 Å². The zero-order chi connectivity index (χ0) is 17.9. The van der Waals surface area contributed by atoms with Gasteiger partial charge in [0.15, 0.2) is 5.96 Å². The highest BCUT2D eigenvalue weighted by atomic mass is 127. The van der Waals surface area contributed by atoms with E-state index in [0.29, 0.717) is 6.61 Å². The summed E-state index contributed by atoms with van der Waals surface area (Å²) in [6.45, 7) is 8.95. The molecule has 2 rings (SSSR count). The van der Waals surface area contributed by atoms with Crippen molar-refractivity contribution in [3.63, 3.8) is 0 Å². The number of benzene rings is 1. The molecule has 1 aliphatic carbocycles. The quantitative estimate of drug-likeness (QED) is 0.230. The van der Waals surface area contributed by atoms with Crippen LogP contribution in [0.25, 0.3) is 0 Å². The summed E-state index contributed by atoms with van der Waals surface area (Å²) >= 11 is 0. The molecule has 0 spiro atoms. The standard InChI is InChI=1S/C20H33N3O2.HI/c1-4-21-20(23(3)13-14-24-16-18-9-10-18)22-12-11-17-7-6-8-19(15-17)25-5-2;/h6-8,15,18H,4-5,9-14,16H2,1-3H3,(H,21,22);1H. The highest BCUT2D eigenvalue weighted by Crippen LogP contribution is 2.28. The molecule has 6 heteroatoms. The molecule has 26 heavy (non-hydrogen) atoms. The normalized spacial score (nSPS) is 13.9.